The lowest BCUT2D eigenvalue weighted by Gasteiger charge is -2.23. The molecule has 8 heteroatoms. The molecular formula is C15H19NO7. The number of carbonyl (C=O) groups excluding carboxylic acids is 2. The fraction of sp³-hybridized carbons (Fsp3) is 0.467. The van der Waals surface area contributed by atoms with Gasteiger partial charge in [0.25, 0.3) is 11.8 Å². The molecule has 0 bridgehead atoms. The van der Waals surface area contributed by atoms with Crippen LogP contribution in [0.3, 0.4) is 0 Å². The van der Waals surface area contributed by atoms with Gasteiger partial charge < -0.3 is 14.2 Å². The molecule has 126 valence electrons. The minimum Gasteiger partial charge on any atom is -0.467 e. The first-order chi connectivity index (χ1) is 10.6. The normalized spacial score (nSPS) is 12.2. The van der Waals surface area contributed by atoms with Gasteiger partial charge in [-0.2, -0.15) is 0 Å². The second kappa shape index (κ2) is 7.57. The third-order valence-electron chi connectivity index (χ3n) is 2.42. The van der Waals surface area contributed by atoms with Crippen LogP contribution in [-0.4, -0.2) is 35.2 Å². The van der Waals surface area contributed by atoms with E-state index in [1.807, 2.05) is 0 Å². The molecule has 0 radical (unpaired) electrons. The number of rotatable bonds is 6. The minimum absolute atomic E-state index is 0.0712. The summed E-state index contributed by atoms with van der Waals surface area (Å²) in [6.45, 7) is 6.62. The first kappa shape index (κ1) is 18.4. The standard InChI is InChI=1S/C15H19NO7/c1-5-21-13(17)12(14(18)23-15(2,3)4)22-11-8-6-10(7-9-11)16(19)20/h6-9,12H,5H2,1-4H3. The van der Waals surface area contributed by atoms with Crippen LogP contribution < -0.4 is 4.74 Å². The molecule has 0 aromatic heterocycles. The zero-order chi connectivity index (χ0) is 17.6. The molecule has 1 rings (SSSR count). The van der Waals surface area contributed by atoms with E-state index in [9.17, 15) is 19.7 Å². The molecule has 1 unspecified atom stereocenters. The first-order valence-electron chi connectivity index (χ1n) is 6.94. The largest absolute Gasteiger partial charge is 0.467 e. The summed E-state index contributed by atoms with van der Waals surface area (Å²) in [5, 5.41) is 10.6. The molecule has 1 atom stereocenters. The maximum atomic E-state index is 12.1. The average Bonchev–Trinajstić information content (AvgIpc) is 2.43. The van der Waals surface area contributed by atoms with Gasteiger partial charge in [0.1, 0.15) is 11.4 Å². The molecule has 0 saturated heterocycles. The van der Waals surface area contributed by atoms with E-state index in [4.69, 9.17) is 14.2 Å². The van der Waals surface area contributed by atoms with Crippen LogP contribution in [0, 0.1) is 10.1 Å². The van der Waals surface area contributed by atoms with Gasteiger partial charge >= 0.3 is 11.9 Å². The van der Waals surface area contributed by atoms with E-state index in [-0.39, 0.29) is 18.0 Å². The van der Waals surface area contributed by atoms with Crippen LogP contribution in [0.1, 0.15) is 27.7 Å². The molecule has 1 aromatic rings. The van der Waals surface area contributed by atoms with Gasteiger partial charge in [-0.3, -0.25) is 10.1 Å². The second-order valence-electron chi connectivity index (χ2n) is 5.53. The van der Waals surface area contributed by atoms with E-state index in [0.717, 1.165) is 0 Å². The van der Waals surface area contributed by atoms with Gasteiger partial charge in [-0.1, -0.05) is 0 Å². The topological polar surface area (TPSA) is 105 Å². The molecule has 0 spiro atoms. The molecule has 0 aliphatic rings. The molecule has 0 aliphatic heterocycles. The van der Waals surface area contributed by atoms with Crippen LogP contribution in [0.5, 0.6) is 5.75 Å². The Bertz CT molecular complexity index is 574. The number of hydrogen-bond donors (Lipinski definition) is 0. The predicted octanol–water partition coefficient (Wildman–Crippen LogP) is 2.25. The van der Waals surface area contributed by atoms with E-state index in [1.165, 1.54) is 24.3 Å². The smallest absolute Gasteiger partial charge is 0.359 e. The van der Waals surface area contributed by atoms with Gasteiger partial charge in [0, 0.05) is 12.1 Å². The second-order valence-corrected chi connectivity index (χ2v) is 5.53. The number of nitro benzene ring substituents is 1. The van der Waals surface area contributed by atoms with Gasteiger partial charge in [-0.05, 0) is 39.8 Å². The van der Waals surface area contributed by atoms with E-state index >= 15 is 0 Å². The van der Waals surface area contributed by atoms with Gasteiger partial charge in [-0.25, -0.2) is 9.59 Å². The molecule has 0 amide bonds. The summed E-state index contributed by atoms with van der Waals surface area (Å²) < 4.78 is 15.2. The minimum atomic E-state index is -1.60. The van der Waals surface area contributed by atoms with Crippen LogP contribution in [0.2, 0.25) is 0 Å². The van der Waals surface area contributed by atoms with Gasteiger partial charge in [0.2, 0.25) is 0 Å². The Morgan fingerprint density at radius 1 is 1.17 bits per heavy atom. The van der Waals surface area contributed by atoms with Crippen LogP contribution >= 0.6 is 0 Å². The summed E-state index contributed by atoms with van der Waals surface area (Å²) in [4.78, 5) is 34.0. The lowest BCUT2D eigenvalue weighted by molar-refractivity contribution is -0.384. The van der Waals surface area contributed by atoms with Crippen molar-refractivity contribution in [2.45, 2.75) is 39.4 Å². The molecule has 0 aliphatic carbocycles. The Hall–Kier alpha value is -2.64. The van der Waals surface area contributed by atoms with E-state index in [2.05, 4.69) is 0 Å². The number of esters is 2. The molecular weight excluding hydrogens is 306 g/mol. The quantitative estimate of drug-likeness (QED) is 0.342. The third-order valence-corrected chi connectivity index (χ3v) is 2.42. The molecule has 0 saturated carbocycles. The monoisotopic (exact) mass is 325 g/mol. The van der Waals surface area contributed by atoms with E-state index in [0.29, 0.717) is 0 Å². The number of ether oxygens (including phenoxy) is 3. The zero-order valence-electron chi connectivity index (χ0n) is 13.4. The van der Waals surface area contributed by atoms with Gasteiger partial charge in [-0.15, -0.1) is 0 Å². The summed E-state index contributed by atoms with van der Waals surface area (Å²) in [6.07, 6.45) is -1.60. The average molecular weight is 325 g/mol. The van der Waals surface area contributed by atoms with Crippen molar-refractivity contribution in [1.82, 2.24) is 0 Å². The number of nitrogens with zero attached hydrogens (tertiary/aromatic N) is 1. The van der Waals surface area contributed by atoms with Crippen molar-refractivity contribution in [3.05, 3.63) is 34.4 Å². The van der Waals surface area contributed by atoms with Crippen molar-refractivity contribution < 1.29 is 28.7 Å². The number of non-ortho nitro benzene ring substituents is 1. The van der Waals surface area contributed by atoms with Crippen LogP contribution in [0.25, 0.3) is 0 Å². The summed E-state index contributed by atoms with van der Waals surface area (Å²) in [5.74, 6) is -1.67. The molecule has 23 heavy (non-hydrogen) atoms. The Kier molecular flexibility index (Phi) is 6.06. The summed E-state index contributed by atoms with van der Waals surface area (Å²) in [5.41, 5.74) is -0.942. The number of carbonyl (C=O) groups is 2. The lowest BCUT2D eigenvalue weighted by Crippen LogP contribution is -2.41. The number of hydrogen-bond acceptors (Lipinski definition) is 7. The molecule has 1 aromatic carbocycles. The highest BCUT2D eigenvalue weighted by atomic mass is 16.6. The van der Waals surface area contributed by atoms with E-state index in [1.54, 1.807) is 27.7 Å². The predicted molar refractivity (Wildman–Crippen MR) is 80.0 cm³/mol. The van der Waals surface area contributed by atoms with Crippen molar-refractivity contribution in [3.8, 4) is 5.75 Å². The van der Waals surface area contributed by atoms with Crippen molar-refractivity contribution in [2.75, 3.05) is 6.61 Å². The summed E-state index contributed by atoms with van der Waals surface area (Å²) >= 11 is 0. The van der Waals surface area contributed by atoms with Crippen LogP contribution in [0.15, 0.2) is 24.3 Å². The van der Waals surface area contributed by atoms with E-state index < -0.39 is 28.6 Å². The zero-order valence-corrected chi connectivity index (χ0v) is 13.4. The Labute approximate surface area is 133 Å². The fourth-order valence-corrected chi connectivity index (χ4v) is 1.55. The Morgan fingerprint density at radius 3 is 2.17 bits per heavy atom. The van der Waals surface area contributed by atoms with Crippen molar-refractivity contribution in [3.63, 3.8) is 0 Å². The van der Waals surface area contributed by atoms with Crippen molar-refractivity contribution in [1.29, 1.82) is 0 Å². The SMILES string of the molecule is CCOC(=O)C(Oc1ccc([N+](=O)[O-])cc1)C(=O)OC(C)(C)C. The molecule has 0 fully saturated rings. The van der Waals surface area contributed by atoms with Gasteiger partial charge in [0.15, 0.2) is 0 Å². The maximum absolute atomic E-state index is 12.1. The maximum Gasteiger partial charge on any atom is 0.359 e. The fourth-order valence-electron chi connectivity index (χ4n) is 1.55. The highest BCUT2D eigenvalue weighted by Gasteiger charge is 2.34. The highest BCUT2D eigenvalue weighted by molar-refractivity contribution is 5.98. The lowest BCUT2D eigenvalue weighted by atomic mass is 10.2. The highest BCUT2D eigenvalue weighted by Crippen LogP contribution is 2.20. The number of nitro groups is 1. The number of benzene rings is 1. The van der Waals surface area contributed by atoms with Crippen molar-refractivity contribution >= 4 is 17.6 Å². The molecule has 0 heterocycles. The third kappa shape index (κ3) is 5.93. The van der Waals surface area contributed by atoms with Crippen LogP contribution in [-0.2, 0) is 19.1 Å². The first-order valence-corrected chi connectivity index (χ1v) is 6.94. The molecule has 8 nitrogen and oxygen atoms in total. The Balaban J connectivity index is 2.94. The Morgan fingerprint density at radius 2 is 1.74 bits per heavy atom. The van der Waals surface area contributed by atoms with Crippen molar-refractivity contribution in [2.24, 2.45) is 0 Å². The molecule has 0 N–H and O–H groups in total. The summed E-state index contributed by atoms with van der Waals surface area (Å²) in [7, 11) is 0. The summed E-state index contributed by atoms with van der Waals surface area (Å²) in [6, 6.07) is 4.97. The van der Waals surface area contributed by atoms with Crippen LogP contribution in [0.4, 0.5) is 5.69 Å². The van der Waals surface area contributed by atoms with Gasteiger partial charge in [0.05, 0.1) is 11.5 Å².